The molecular weight excluding hydrogens is 240 g/mol. The molecule has 1 atom stereocenters. The summed E-state index contributed by atoms with van der Waals surface area (Å²) >= 11 is 0. The third-order valence-corrected chi connectivity index (χ3v) is 4.74. The molecule has 1 aromatic rings. The van der Waals surface area contributed by atoms with Crippen LogP contribution in [0.2, 0.25) is 0 Å². The van der Waals surface area contributed by atoms with E-state index in [9.17, 15) is 13.2 Å². The largest absolute Gasteiger partial charge is 0.322 e. The number of sulfone groups is 1. The van der Waals surface area contributed by atoms with Crippen LogP contribution < -0.4 is 10.6 Å². The van der Waals surface area contributed by atoms with Crippen molar-refractivity contribution in [3.8, 4) is 0 Å². The fraction of sp³-hybridized carbons (Fsp3) is 0.364. The third kappa shape index (κ3) is 1.94. The number of anilines is 1. The van der Waals surface area contributed by atoms with Crippen LogP contribution in [-0.4, -0.2) is 32.7 Å². The summed E-state index contributed by atoms with van der Waals surface area (Å²) in [6.07, 6.45) is 0. The lowest BCUT2D eigenvalue weighted by Gasteiger charge is -2.34. The van der Waals surface area contributed by atoms with E-state index < -0.39 is 9.84 Å². The smallest absolute Gasteiger partial charge is 0.241 e. The van der Waals surface area contributed by atoms with Crippen molar-refractivity contribution in [1.82, 2.24) is 0 Å². The van der Waals surface area contributed by atoms with Gasteiger partial charge in [-0.2, -0.15) is 0 Å². The Kier molecular flexibility index (Phi) is 2.92. The molecule has 1 aliphatic rings. The summed E-state index contributed by atoms with van der Waals surface area (Å²) in [4.78, 5) is 13.4. The van der Waals surface area contributed by atoms with E-state index in [4.69, 9.17) is 5.73 Å². The number of carbonyl (C=O) groups is 1. The summed E-state index contributed by atoms with van der Waals surface area (Å²) in [5.41, 5.74) is 5.78. The summed E-state index contributed by atoms with van der Waals surface area (Å²) in [6.45, 7) is 1.58. The summed E-state index contributed by atoms with van der Waals surface area (Å²) in [7, 11) is -3.30. The molecule has 1 aliphatic heterocycles. The Labute approximate surface area is 100 Å². The molecule has 1 amide bonds. The minimum Gasteiger partial charge on any atom is -0.322 e. The number of fused-ring (bicyclic) bond motifs is 1. The maximum atomic E-state index is 12.0. The molecule has 1 unspecified atom stereocenters. The summed E-state index contributed by atoms with van der Waals surface area (Å²) < 4.78 is 23.9. The molecule has 1 heterocycles. The van der Waals surface area contributed by atoms with E-state index in [-0.39, 0.29) is 29.1 Å². The number of para-hydroxylation sites is 1. The van der Waals surface area contributed by atoms with Crippen molar-refractivity contribution in [3.63, 3.8) is 0 Å². The zero-order chi connectivity index (χ0) is 12.6. The first-order chi connectivity index (χ1) is 7.97. The van der Waals surface area contributed by atoms with Crippen molar-refractivity contribution in [1.29, 1.82) is 0 Å². The number of hydrogen-bond donors (Lipinski definition) is 1. The number of benzene rings is 1. The SMILES string of the molecule is CC1CS(=O)(=O)c2ccccc2N1C(=O)CN. The van der Waals surface area contributed by atoms with Crippen LogP contribution in [0, 0.1) is 0 Å². The fourth-order valence-corrected chi connectivity index (χ4v) is 3.85. The number of hydrogen-bond acceptors (Lipinski definition) is 4. The van der Waals surface area contributed by atoms with E-state index in [1.807, 2.05) is 0 Å². The van der Waals surface area contributed by atoms with Crippen LogP contribution in [0.15, 0.2) is 29.2 Å². The van der Waals surface area contributed by atoms with Gasteiger partial charge in [-0.25, -0.2) is 8.42 Å². The molecule has 92 valence electrons. The van der Waals surface area contributed by atoms with Crippen molar-refractivity contribution in [2.45, 2.75) is 17.9 Å². The summed E-state index contributed by atoms with van der Waals surface area (Å²) in [5, 5.41) is 0. The minimum atomic E-state index is -3.30. The Morgan fingerprint density at radius 1 is 1.47 bits per heavy atom. The predicted octanol–water partition coefficient (Wildman–Crippen LogP) is 0.154. The highest BCUT2D eigenvalue weighted by molar-refractivity contribution is 7.91. The molecule has 0 aromatic heterocycles. The van der Waals surface area contributed by atoms with Gasteiger partial charge in [0.1, 0.15) is 0 Å². The first kappa shape index (κ1) is 12.1. The van der Waals surface area contributed by atoms with Gasteiger partial charge in [0, 0.05) is 6.04 Å². The molecule has 2 rings (SSSR count). The minimum absolute atomic E-state index is 0.0598. The quantitative estimate of drug-likeness (QED) is 0.773. The number of rotatable bonds is 1. The second kappa shape index (κ2) is 4.12. The molecule has 0 radical (unpaired) electrons. The molecule has 17 heavy (non-hydrogen) atoms. The van der Waals surface area contributed by atoms with Gasteiger partial charge in [-0.1, -0.05) is 12.1 Å². The zero-order valence-electron chi connectivity index (χ0n) is 9.46. The molecule has 5 nitrogen and oxygen atoms in total. The summed E-state index contributed by atoms with van der Waals surface area (Å²) in [6, 6.07) is 6.13. The molecule has 0 aliphatic carbocycles. The van der Waals surface area contributed by atoms with Crippen LogP contribution in [0.5, 0.6) is 0 Å². The second-order valence-electron chi connectivity index (χ2n) is 4.07. The Morgan fingerprint density at radius 3 is 2.76 bits per heavy atom. The van der Waals surface area contributed by atoms with Crippen LogP contribution in [-0.2, 0) is 14.6 Å². The molecule has 0 saturated heterocycles. The van der Waals surface area contributed by atoms with Gasteiger partial charge in [-0.3, -0.25) is 4.79 Å². The Bertz CT molecular complexity index is 554. The van der Waals surface area contributed by atoms with Crippen LogP contribution in [0.3, 0.4) is 0 Å². The van der Waals surface area contributed by atoms with Gasteiger partial charge in [0.15, 0.2) is 9.84 Å². The Hall–Kier alpha value is -1.40. The van der Waals surface area contributed by atoms with Gasteiger partial charge >= 0.3 is 0 Å². The van der Waals surface area contributed by atoms with Crippen LogP contribution in [0.25, 0.3) is 0 Å². The van der Waals surface area contributed by atoms with Crippen LogP contribution in [0.1, 0.15) is 6.92 Å². The van der Waals surface area contributed by atoms with E-state index in [1.165, 1.54) is 11.0 Å². The summed E-state index contributed by atoms with van der Waals surface area (Å²) in [5.74, 6) is -0.324. The normalized spacial score (nSPS) is 22.0. The van der Waals surface area contributed by atoms with Crippen LogP contribution in [0.4, 0.5) is 5.69 Å². The van der Waals surface area contributed by atoms with E-state index in [0.717, 1.165) is 0 Å². The third-order valence-electron chi connectivity index (χ3n) is 2.80. The van der Waals surface area contributed by atoms with Crippen molar-refractivity contribution in [2.24, 2.45) is 5.73 Å². The molecule has 0 fully saturated rings. The lowest BCUT2D eigenvalue weighted by molar-refractivity contribution is -0.117. The lowest BCUT2D eigenvalue weighted by Crippen LogP contribution is -2.48. The molecular formula is C11H14N2O3S. The average molecular weight is 254 g/mol. The Balaban J connectivity index is 2.62. The van der Waals surface area contributed by atoms with Crippen molar-refractivity contribution in [2.75, 3.05) is 17.2 Å². The molecule has 0 saturated carbocycles. The molecule has 0 spiro atoms. The Morgan fingerprint density at radius 2 is 2.12 bits per heavy atom. The first-order valence-electron chi connectivity index (χ1n) is 5.31. The molecule has 2 N–H and O–H groups in total. The van der Waals surface area contributed by atoms with Crippen molar-refractivity contribution >= 4 is 21.4 Å². The van der Waals surface area contributed by atoms with E-state index in [1.54, 1.807) is 25.1 Å². The number of carbonyl (C=O) groups excluding carboxylic acids is 1. The van der Waals surface area contributed by atoms with Gasteiger partial charge < -0.3 is 10.6 Å². The monoisotopic (exact) mass is 254 g/mol. The van der Waals surface area contributed by atoms with Gasteiger partial charge in [0.05, 0.1) is 22.9 Å². The maximum absolute atomic E-state index is 12.0. The van der Waals surface area contributed by atoms with E-state index in [2.05, 4.69) is 0 Å². The first-order valence-corrected chi connectivity index (χ1v) is 6.96. The van der Waals surface area contributed by atoms with Gasteiger partial charge in [-0.15, -0.1) is 0 Å². The zero-order valence-corrected chi connectivity index (χ0v) is 10.3. The lowest BCUT2D eigenvalue weighted by atomic mass is 10.2. The van der Waals surface area contributed by atoms with Gasteiger partial charge in [-0.05, 0) is 19.1 Å². The molecule has 6 heteroatoms. The second-order valence-corrected chi connectivity index (χ2v) is 6.07. The van der Waals surface area contributed by atoms with Gasteiger partial charge in [0.2, 0.25) is 5.91 Å². The topological polar surface area (TPSA) is 80.5 Å². The molecule has 0 bridgehead atoms. The molecule has 1 aromatic carbocycles. The number of nitrogens with zero attached hydrogens (tertiary/aromatic N) is 1. The highest BCUT2D eigenvalue weighted by atomic mass is 32.2. The average Bonchev–Trinajstić information content (AvgIpc) is 2.28. The van der Waals surface area contributed by atoms with E-state index in [0.29, 0.717) is 5.69 Å². The highest BCUT2D eigenvalue weighted by Crippen LogP contribution is 2.32. The van der Waals surface area contributed by atoms with Crippen LogP contribution >= 0.6 is 0 Å². The van der Waals surface area contributed by atoms with E-state index >= 15 is 0 Å². The maximum Gasteiger partial charge on any atom is 0.241 e. The highest BCUT2D eigenvalue weighted by Gasteiger charge is 2.35. The predicted molar refractivity (Wildman–Crippen MR) is 64.5 cm³/mol. The number of amides is 1. The standard InChI is InChI=1S/C11H14N2O3S/c1-8-7-17(15,16)10-5-3-2-4-9(10)13(8)11(14)6-12/h2-5,8H,6-7,12H2,1H3. The number of nitrogens with two attached hydrogens (primary N) is 1. The van der Waals surface area contributed by atoms with Crippen molar-refractivity contribution in [3.05, 3.63) is 24.3 Å². The fourth-order valence-electron chi connectivity index (χ4n) is 2.12. The van der Waals surface area contributed by atoms with Crippen molar-refractivity contribution < 1.29 is 13.2 Å². The van der Waals surface area contributed by atoms with Gasteiger partial charge in [0.25, 0.3) is 0 Å².